The molecule has 1 aromatic rings. The Morgan fingerprint density at radius 1 is 1.11 bits per heavy atom. The van der Waals surface area contributed by atoms with Crippen LogP contribution in [0, 0.1) is 4.91 Å². The van der Waals surface area contributed by atoms with Crippen molar-refractivity contribution in [3.8, 4) is 0 Å². The maximum Gasteiger partial charge on any atom is 0.409 e. The summed E-state index contributed by atoms with van der Waals surface area (Å²) < 4.78 is 5.01. The Morgan fingerprint density at radius 2 is 1.78 bits per heavy atom. The van der Waals surface area contributed by atoms with E-state index in [-0.39, 0.29) is 17.9 Å². The Balaban J connectivity index is 1.76. The van der Waals surface area contributed by atoms with E-state index in [2.05, 4.69) is 0 Å². The molecule has 2 saturated heterocycles. The molecule has 9 heteroatoms. The minimum atomic E-state index is -0.336. The first-order valence-corrected chi connectivity index (χ1v) is 9.09. The van der Waals surface area contributed by atoms with Crippen LogP contribution in [0.1, 0.15) is 26.2 Å². The van der Waals surface area contributed by atoms with E-state index < -0.39 is 0 Å². The Bertz CT molecular complexity index is 742. The van der Waals surface area contributed by atoms with E-state index in [1.54, 1.807) is 24.0 Å². The number of hydrogen-bond donors (Lipinski definition) is 1. The van der Waals surface area contributed by atoms with Crippen molar-refractivity contribution in [3.05, 3.63) is 23.1 Å². The fourth-order valence-electron chi connectivity index (χ4n) is 3.41. The van der Waals surface area contributed by atoms with E-state index in [1.165, 1.54) is 6.07 Å². The lowest BCUT2D eigenvalue weighted by molar-refractivity contribution is -0.378. The Hall–Kier alpha value is -2.97. The number of hydrogen-bond acceptors (Lipinski definition) is 6. The van der Waals surface area contributed by atoms with Gasteiger partial charge in [0.05, 0.1) is 12.3 Å². The maximum absolute atomic E-state index is 12.1. The molecule has 0 aromatic heterocycles. The number of nitrogens with one attached hydrogen (secondary N) is 1. The molecule has 2 heterocycles. The number of amides is 3. The Labute approximate surface area is 156 Å². The number of benzene rings is 1. The zero-order chi connectivity index (χ0) is 19.4. The SMILES string of the molecule is CCOC(=O)N1CCN(c2ccc(N3C(=O)CCCC3=O)cc2[NH+]=O)CC1. The molecular formula is C18H23N4O5+. The van der Waals surface area contributed by atoms with Gasteiger partial charge in [-0.25, -0.2) is 4.79 Å². The van der Waals surface area contributed by atoms with Crippen LogP contribution in [0.5, 0.6) is 0 Å². The van der Waals surface area contributed by atoms with E-state index in [1.807, 2.05) is 10.1 Å². The van der Waals surface area contributed by atoms with Gasteiger partial charge in [-0.1, -0.05) is 0 Å². The monoisotopic (exact) mass is 375 g/mol. The minimum Gasteiger partial charge on any atom is -0.450 e. The molecule has 1 aromatic carbocycles. The highest BCUT2D eigenvalue weighted by Crippen LogP contribution is 2.30. The number of nitroso groups, excluding NO2 is 1. The van der Waals surface area contributed by atoms with Crippen molar-refractivity contribution in [1.82, 2.24) is 4.90 Å². The summed E-state index contributed by atoms with van der Waals surface area (Å²) in [4.78, 5) is 52.2. The molecule has 9 nitrogen and oxygen atoms in total. The number of imide groups is 1. The van der Waals surface area contributed by atoms with Gasteiger partial charge in [-0.2, -0.15) is 0 Å². The molecule has 3 amide bonds. The van der Waals surface area contributed by atoms with E-state index in [4.69, 9.17) is 4.74 Å². The normalized spacial score (nSPS) is 17.9. The first kappa shape index (κ1) is 18.8. The van der Waals surface area contributed by atoms with Crippen molar-refractivity contribution in [2.75, 3.05) is 42.6 Å². The predicted molar refractivity (Wildman–Crippen MR) is 97.6 cm³/mol. The molecular weight excluding hydrogens is 352 g/mol. The van der Waals surface area contributed by atoms with E-state index >= 15 is 0 Å². The molecule has 2 fully saturated rings. The topological polar surface area (TPSA) is 101 Å². The van der Waals surface area contributed by atoms with Gasteiger partial charge in [-0.3, -0.25) is 14.5 Å². The average Bonchev–Trinajstić information content (AvgIpc) is 2.68. The van der Waals surface area contributed by atoms with E-state index in [0.717, 1.165) is 4.90 Å². The average molecular weight is 375 g/mol. The second-order valence-corrected chi connectivity index (χ2v) is 6.45. The van der Waals surface area contributed by atoms with Gasteiger partial charge < -0.3 is 14.5 Å². The van der Waals surface area contributed by atoms with Gasteiger partial charge in [-0.05, 0) is 25.5 Å². The number of carbonyl (C=O) groups is 3. The van der Waals surface area contributed by atoms with Crippen molar-refractivity contribution in [2.45, 2.75) is 26.2 Å². The fourth-order valence-corrected chi connectivity index (χ4v) is 3.41. The van der Waals surface area contributed by atoms with Crippen LogP contribution in [0.2, 0.25) is 0 Å². The summed E-state index contributed by atoms with van der Waals surface area (Å²) in [5.74, 6) is -0.502. The second kappa shape index (κ2) is 8.15. The van der Waals surface area contributed by atoms with Crippen molar-refractivity contribution >= 4 is 35.0 Å². The molecule has 0 radical (unpaired) electrons. The molecule has 1 N–H and O–H groups in total. The zero-order valence-corrected chi connectivity index (χ0v) is 15.3. The molecule has 144 valence electrons. The second-order valence-electron chi connectivity index (χ2n) is 6.45. The number of rotatable bonds is 4. The predicted octanol–water partition coefficient (Wildman–Crippen LogP) is 0.487. The van der Waals surface area contributed by atoms with Crippen LogP contribution in [0.3, 0.4) is 0 Å². The lowest BCUT2D eigenvalue weighted by Crippen LogP contribution is -2.58. The Morgan fingerprint density at radius 3 is 2.37 bits per heavy atom. The molecule has 2 aliphatic rings. The number of piperidine rings is 1. The fraction of sp³-hybridized carbons (Fsp3) is 0.500. The number of anilines is 2. The van der Waals surface area contributed by atoms with E-state index in [0.29, 0.717) is 69.1 Å². The van der Waals surface area contributed by atoms with Gasteiger partial charge in [0.15, 0.2) is 0 Å². The van der Waals surface area contributed by atoms with Crippen LogP contribution >= 0.6 is 0 Å². The molecule has 27 heavy (non-hydrogen) atoms. The summed E-state index contributed by atoms with van der Waals surface area (Å²) in [6.07, 6.45) is 0.869. The summed E-state index contributed by atoms with van der Waals surface area (Å²) in [6.45, 7) is 4.17. The van der Waals surface area contributed by atoms with Crippen molar-refractivity contribution in [2.24, 2.45) is 0 Å². The lowest BCUT2D eigenvalue weighted by atomic mass is 10.1. The molecule has 2 aliphatic heterocycles. The van der Waals surface area contributed by atoms with Crippen LogP contribution in [0.4, 0.5) is 21.9 Å². The van der Waals surface area contributed by atoms with Gasteiger partial charge in [0.1, 0.15) is 5.69 Å². The van der Waals surface area contributed by atoms with Crippen LogP contribution < -0.4 is 15.0 Å². The summed E-state index contributed by atoms with van der Waals surface area (Å²) in [7, 11) is 0. The number of piperazine rings is 1. The highest BCUT2D eigenvalue weighted by atomic mass is 16.6. The number of carbonyl (C=O) groups excluding carboxylic acids is 3. The highest BCUT2D eigenvalue weighted by molar-refractivity contribution is 6.16. The first-order chi connectivity index (χ1) is 13.0. The van der Waals surface area contributed by atoms with Crippen molar-refractivity contribution in [3.63, 3.8) is 0 Å². The zero-order valence-electron chi connectivity index (χ0n) is 15.3. The number of nitrogens with zero attached hydrogens (tertiary/aromatic N) is 3. The molecule has 3 rings (SSSR count). The Kier molecular flexibility index (Phi) is 5.68. The third kappa shape index (κ3) is 3.91. The standard InChI is InChI=1S/C18H22N4O5/c1-2-27-18(25)21-10-8-20(9-11-21)15-7-6-13(12-14(15)19-26)22-16(23)4-3-5-17(22)24/h6-7,12H,2-5,8-11H2,1H3/p+1. The minimum absolute atomic E-state index is 0.251. The van der Waals surface area contributed by atoms with Gasteiger partial charge in [0.2, 0.25) is 11.8 Å². The third-order valence-corrected chi connectivity index (χ3v) is 4.77. The van der Waals surface area contributed by atoms with Gasteiger partial charge >= 0.3 is 6.09 Å². The highest BCUT2D eigenvalue weighted by Gasteiger charge is 2.30. The number of ether oxygens (including phenoxy) is 1. The summed E-state index contributed by atoms with van der Waals surface area (Å²) in [5, 5.41) is 1.91. The molecule has 0 spiro atoms. The molecule has 0 unspecified atom stereocenters. The molecule has 0 atom stereocenters. The largest absolute Gasteiger partial charge is 0.450 e. The summed E-state index contributed by atoms with van der Waals surface area (Å²) in [6, 6.07) is 4.93. The van der Waals surface area contributed by atoms with Gasteiger partial charge in [0.25, 0.3) is 5.69 Å². The molecule has 0 bridgehead atoms. The molecule has 0 aliphatic carbocycles. The smallest absolute Gasteiger partial charge is 0.409 e. The van der Waals surface area contributed by atoms with Gasteiger partial charge in [0, 0.05) is 55.2 Å². The maximum atomic E-state index is 12.1. The van der Waals surface area contributed by atoms with Crippen LogP contribution in [0.25, 0.3) is 0 Å². The van der Waals surface area contributed by atoms with Crippen LogP contribution in [-0.4, -0.2) is 55.6 Å². The van der Waals surface area contributed by atoms with Crippen molar-refractivity contribution in [1.29, 1.82) is 0 Å². The first-order valence-electron chi connectivity index (χ1n) is 9.09. The molecule has 0 saturated carbocycles. The quantitative estimate of drug-likeness (QED) is 0.769. The van der Waals surface area contributed by atoms with Crippen LogP contribution in [0.15, 0.2) is 18.2 Å². The van der Waals surface area contributed by atoms with Crippen molar-refractivity contribution < 1.29 is 24.3 Å². The third-order valence-electron chi connectivity index (χ3n) is 4.77. The summed E-state index contributed by atoms with van der Waals surface area (Å²) in [5.41, 5.74) is 1.37. The van der Waals surface area contributed by atoms with E-state index in [9.17, 15) is 19.3 Å². The van der Waals surface area contributed by atoms with Crippen LogP contribution in [-0.2, 0) is 14.3 Å². The lowest BCUT2D eigenvalue weighted by Gasteiger charge is -2.35. The summed E-state index contributed by atoms with van der Waals surface area (Å²) >= 11 is 0. The van der Waals surface area contributed by atoms with Gasteiger partial charge in [-0.15, -0.1) is 0 Å².